The lowest BCUT2D eigenvalue weighted by Gasteiger charge is -2.26. The molecule has 1 N–H and O–H groups in total. The van der Waals surface area contributed by atoms with Crippen LogP contribution >= 0.6 is 0 Å². The third kappa shape index (κ3) is 4.30. The molecule has 1 fully saturated rings. The van der Waals surface area contributed by atoms with Crippen molar-refractivity contribution < 1.29 is 9.53 Å². The number of rotatable bonds is 5. The zero-order valence-corrected chi connectivity index (χ0v) is 18.8. The molecule has 0 spiro atoms. The summed E-state index contributed by atoms with van der Waals surface area (Å²) in [6.07, 6.45) is 7.57. The van der Waals surface area contributed by atoms with E-state index in [0.717, 1.165) is 55.9 Å². The fourth-order valence-electron chi connectivity index (χ4n) is 4.93. The first-order chi connectivity index (χ1) is 15.7. The van der Waals surface area contributed by atoms with Crippen LogP contribution in [-0.2, 0) is 17.7 Å². The number of aryl methyl sites for hydroxylation is 1. The SMILES string of the molecule is Cc1ccn2c(CNC[C@H]3OCCc4ccccc43)c(C(=O)N3CCCCCC3)nc2c1. The van der Waals surface area contributed by atoms with Gasteiger partial charge in [0.25, 0.3) is 5.91 Å². The van der Waals surface area contributed by atoms with E-state index in [1.165, 1.54) is 24.0 Å². The smallest absolute Gasteiger partial charge is 0.274 e. The number of nitrogens with one attached hydrogen (secondary N) is 1. The summed E-state index contributed by atoms with van der Waals surface area (Å²) in [5.74, 6) is 0.0596. The van der Waals surface area contributed by atoms with Crippen LogP contribution in [0.3, 0.4) is 0 Å². The van der Waals surface area contributed by atoms with E-state index in [1.54, 1.807) is 0 Å². The summed E-state index contributed by atoms with van der Waals surface area (Å²) in [6, 6.07) is 12.6. The molecule has 0 bridgehead atoms. The minimum Gasteiger partial charge on any atom is -0.372 e. The van der Waals surface area contributed by atoms with Crippen LogP contribution < -0.4 is 5.32 Å². The molecule has 1 amide bonds. The molecular weight excluding hydrogens is 400 g/mol. The van der Waals surface area contributed by atoms with Crippen molar-refractivity contribution in [2.24, 2.45) is 0 Å². The summed E-state index contributed by atoms with van der Waals surface area (Å²) in [7, 11) is 0. The molecule has 1 aromatic carbocycles. The van der Waals surface area contributed by atoms with Gasteiger partial charge in [-0.15, -0.1) is 0 Å². The minimum atomic E-state index is 0.0335. The number of carbonyl (C=O) groups excluding carboxylic acids is 1. The van der Waals surface area contributed by atoms with Gasteiger partial charge in [-0.25, -0.2) is 4.98 Å². The molecule has 168 valence electrons. The van der Waals surface area contributed by atoms with Crippen molar-refractivity contribution in [3.8, 4) is 0 Å². The van der Waals surface area contributed by atoms with Crippen LogP contribution in [0, 0.1) is 6.92 Å². The highest BCUT2D eigenvalue weighted by atomic mass is 16.5. The van der Waals surface area contributed by atoms with Gasteiger partial charge < -0.3 is 19.4 Å². The maximum absolute atomic E-state index is 13.5. The largest absolute Gasteiger partial charge is 0.372 e. The van der Waals surface area contributed by atoms with E-state index in [4.69, 9.17) is 9.72 Å². The van der Waals surface area contributed by atoms with E-state index in [9.17, 15) is 4.79 Å². The molecule has 3 aromatic rings. The molecule has 2 aliphatic heterocycles. The second-order valence-corrected chi connectivity index (χ2v) is 8.98. The average molecular weight is 433 g/mol. The normalized spacial score (nSPS) is 19.0. The van der Waals surface area contributed by atoms with Gasteiger partial charge in [0.05, 0.1) is 18.4 Å². The third-order valence-electron chi connectivity index (χ3n) is 6.69. The first-order valence-electron chi connectivity index (χ1n) is 11.9. The number of hydrogen-bond acceptors (Lipinski definition) is 4. The fourth-order valence-corrected chi connectivity index (χ4v) is 4.93. The molecule has 0 aliphatic carbocycles. The van der Waals surface area contributed by atoms with Crippen LogP contribution in [0.2, 0.25) is 0 Å². The first-order valence-corrected chi connectivity index (χ1v) is 11.9. The van der Waals surface area contributed by atoms with Crippen molar-refractivity contribution in [2.75, 3.05) is 26.2 Å². The van der Waals surface area contributed by atoms with Gasteiger partial charge in [-0.1, -0.05) is 37.1 Å². The maximum atomic E-state index is 13.5. The van der Waals surface area contributed by atoms with E-state index < -0.39 is 0 Å². The Hall–Kier alpha value is -2.70. The van der Waals surface area contributed by atoms with E-state index in [-0.39, 0.29) is 12.0 Å². The summed E-state index contributed by atoms with van der Waals surface area (Å²) < 4.78 is 8.11. The summed E-state index contributed by atoms with van der Waals surface area (Å²) in [6.45, 7) is 5.73. The average Bonchev–Trinajstić information content (AvgIpc) is 2.97. The highest BCUT2D eigenvalue weighted by Crippen LogP contribution is 2.26. The Morgan fingerprint density at radius 2 is 1.97 bits per heavy atom. The molecule has 0 radical (unpaired) electrons. The van der Waals surface area contributed by atoms with Crippen molar-refractivity contribution in [2.45, 2.75) is 51.7 Å². The summed E-state index contributed by atoms with van der Waals surface area (Å²) in [5, 5.41) is 3.56. The molecule has 5 rings (SSSR count). The predicted octanol–water partition coefficient (Wildman–Crippen LogP) is 4.06. The van der Waals surface area contributed by atoms with Crippen LogP contribution in [-0.4, -0.2) is 46.4 Å². The van der Waals surface area contributed by atoms with Gasteiger partial charge in [0.1, 0.15) is 5.65 Å². The second kappa shape index (κ2) is 9.43. The van der Waals surface area contributed by atoms with Crippen LogP contribution in [0.5, 0.6) is 0 Å². The lowest BCUT2D eigenvalue weighted by molar-refractivity contribution is 0.0422. The molecule has 1 atom stereocenters. The lowest BCUT2D eigenvalue weighted by atomic mass is 9.97. The van der Waals surface area contributed by atoms with E-state index >= 15 is 0 Å². The fraction of sp³-hybridized carbons (Fsp3) is 0.462. The zero-order chi connectivity index (χ0) is 21.9. The Kier molecular flexibility index (Phi) is 6.23. The van der Waals surface area contributed by atoms with Gasteiger partial charge >= 0.3 is 0 Å². The molecule has 0 saturated carbocycles. The number of imidazole rings is 1. The zero-order valence-electron chi connectivity index (χ0n) is 18.8. The number of aromatic nitrogens is 2. The Bertz CT molecular complexity index is 1100. The van der Waals surface area contributed by atoms with Crippen molar-refractivity contribution >= 4 is 11.6 Å². The Morgan fingerprint density at radius 3 is 2.81 bits per heavy atom. The van der Waals surface area contributed by atoms with Crippen molar-refractivity contribution in [1.82, 2.24) is 19.6 Å². The van der Waals surface area contributed by atoms with Crippen LogP contribution in [0.1, 0.15) is 64.7 Å². The van der Waals surface area contributed by atoms with E-state index in [2.05, 4.69) is 47.0 Å². The highest BCUT2D eigenvalue weighted by molar-refractivity contribution is 5.94. The minimum absolute atomic E-state index is 0.0335. The molecule has 6 heteroatoms. The lowest BCUT2D eigenvalue weighted by Crippen LogP contribution is -2.33. The van der Waals surface area contributed by atoms with Gasteiger partial charge in [0, 0.05) is 32.4 Å². The quantitative estimate of drug-likeness (QED) is 0.661. The molecule has 4 heterocycles. The summed E-state index contributed by atoms with van der Waals surface area (Å²) in [4.78, 5) is 20.2. The molecule has 2 aliphatic rings. The monoisotopic (exact) mass is 432 g/mol. The Balaban J connectivity index is 1.38. The Morgan fingerprint density at radius 1 is 1.16 bits per heavy atom. The topological polar surface area (TPSA) is 58.9 Å². The van der Waals surface area contributed by atoms with E-state index in [1.807, 2.05) is 17.2 Å². The molecule has 6 nitrogen and oxygen atoms in total. The third-order valence-corrected chi connectivity index (χ3v) is 6.69. The highest BCUT2D eigenvalue weighted by Gasteiger charge is 2.25. The maximum Gasteiger partial charge on any atom is 0.274 e. The number of fused-ring (bicyclic) bond motifs is 2. The molecule has 2 aromatic heterocycles. The predicted molar refractivity (Wildman–Crippen MR) is 125 cm³/mol. The number of ether oxygens (including phenoxy) is 1. The standard InChI is InChI=1S/C26H32N4O2/c1-19-10-14-30-22(17-27-18-23-21-9-5-4-8-20(21)11-15-32-23)25(28-24(30)16-19)26(31)29-12-6-2-3-7-13-29/h4-5,8-10,14,16,23,27H,2-3,6-7,11-13,15,17-18H2,1H3/t23-/m1/s1. The first kappa shape index (κ1) is 21.2. The van der Waals surface area contributed by atoms with E-state index in [0.29, 0.717) is 18.8 Å². The molecule has 32 heavy (non-hydrogen) atoms. The van der Waals surface area contributed by atoms with Crippen molar-refractivity contribution in [3.05, 3.63) is 70.7 Å². The number of nitrogens with zero attached hydrogens (tertiary/aromatic N) is 3. The molecule has 1 saturated heterocycles. The van der Waals surface area contributed by atoms with Gasteiger partial charge in [-0.3, -0.25) is 4.79 Å². The van der Waals surface area contributed by atoms with Gasteiger partial charge in [-0.05, 0) is 55.0 Å². The number of benzene rings is 1. The van der Waals surface area contributed by atoms with Gasteiger partial charge in [0.15, 0.2) is 5.69 Å². The Labute approximate surface area is 189 Å². The van der Waals surface area contributed by atoms with Gasteiger partial charge in [-0.2, -0.15) is 0 Å². The van der Waals surface area contributed by atoms with Crippen LogP contribution in [0.15, 0.2) is 42.6 Å². The number of carbonyl (C=O) groups is 1. The number of hydrogen-bond donors (Lipinski definition) is 1. The molecule has 0 unspecified atom stereocenters. The number of amides is 1. The number of pyridine rings is 1. The second-order valence-electron chi connectivity index (χ2n) is 8.98. The summed E-state index contributed by atoms with van der Waals surface area (Å²) in [5.41, 5.74) is 6.12. The van der Waals surface area contributed by atoms with Gasteiger partial charge in [0.2, 0.25) is 0 Å². The summed E-state index contributed by atoms with van der Waals surface area (Å²) >= 11 is 0. The number of likely N-dealkylation sites (tertiary alicyclic amines) is 1. The van der Waals surface area contributed by atoms with Crippen LogP contribution in [0.25, 0.3) is 5.65 Å². The van der Waals surface area contributed by atoms with Crippen molar-refractivity contribution in [3.63, 3.8) is 0 Å². The van der Waals surface area contributed by atoms with Crippen LogP contribution in [0.4, 0.5) is 0 Å². The molecular formula is C26H32N4O2. The van der Waals surface area contributed by atoms with Crippen molar-refractivity contribution in [1.29, 1.82) is 0 Å².